The van der Waals surface area contributed by atoms with Gasteiger partial charge in [0.05, 0.1) is 5.69 Å². The molecular weight excluding hydrogens is 350 g/mol. The zero-order valence-corrected chi connectivity index (χ0v) is 15.8. The Labute approximate surface area is 163 Å². The van der Waals surface area contributed by atoms with Crippen LogP contribution in [0.4, 0.5) is 5.69 Å². The Morgan fingerprint density at radius 2 is 1.74 bits per heavy atom. The fraction of sp³-hybridized carbons (Fsp3) is 0.0870. The summed E-state index contributed by atoms with van der Waals surface area (Å²) < 4.78 is 2.02. The maximum Gasteiger partial charge on any atom is 0.123 e. The Balaban J connectivity index is 1.77. The van der Waals surface area contributed by atoms with Crippen LogP contribution in [0.25, 0.3) is 10.8 Å². The van der Waals surface area contributed by atoms with Crippen molar-refractivity contribution in [2.24, 2.45) is 0 Å². The number of nitriles is 1. The fourth-order valence-electron chi connectivity index (χ4n) is 3.23. The van der Waals surface area contributed by atoms with E-state index in [1.807, 2.05) is 16.7 Å². The van der Waals surface area contributed by atoms with Gasteiger partial charge in [-0.3, -0.25) is 0 Å². The number of hydrogen-bond acceptors (Lipinski definition) is 3. The van der Waals surface area contributed by atoms with Crippen molar-refractivity contribution in [3.05, 3.63) is 89.6 Å². The number of benzene rings is 3. The molecule has 1 aromatic heterocycles. The lowest BCUT2D eigenvalue weighted by atomic mass is 10.0. The molecule has 0 bridgehead atoms. The van der Waals surface area contributed by atoms with E-state index in [0.717, 1.165) is 9.92 Å². The number of nitrogens with two attached hydrogens (primary N) is 1. The van der Waals surface area contributed by atoms with Gasteiger partial charge in [-0.25, -0.2) is 0 Å². The SMILES string of the molecule is Cc1ccc(Sc2c(N)cc(C#N)n2Cc2cccc3ccccc23)cc1. The molecule has 0 radical (unpaired) electrons. The Morgan fingerprint density at radius 3 is 2.52 bits per heavy atom. The minimum Gasteiger partial charge on any atom is -0.397 e. The van der Waals surface area contributed by atoms with Gasteiger partial charge in [0.1, 0.15) is 16.8 Å². The smallest absolute Gasteiger partial charge is 0.123 e. The molecular formula is C23H19N3S. The molecule has 0 saturated carbocycles. The van der Waals surface area contributed by atoms with Gasteiger partial charge in [-0.2, -0.15) is 5.26 Å². The molecule has 0 aliphatic heterocycles. The van der Waals surface area contributed by atoms with Crippen LogP contribution >= 0.6 is 11.8 Å². The van der Waals surface area contributed by atoms with Crippen molar-refractivity contribution in [2.75, 3.05) is 5.73 Å². The monoisotopic (exact) mass is 369 g/mol. The summed E-state index contributed by atoms with van der Waals surface area (Å²) in [6.07, 6.45) is 0. The van der Waals surface area contributed by atoms with Gasteiger partial charge in [-0.1, -0.05) is 71.9 Å². The van der Waals surface area contributed by atoms with Crippen LogP contribution in [-0.2, 0) is 6.54 Å². The van der Waals surface area contributed by atoms with E-state index in [4.69, 9.17) is 5.73 Å². The maximum atomic E-state index is 9.61. The highest BCUT2D eigenvalue weighted by molar-refractivity contribution is 7.99. The van der Waals surface area contributed by atoms with Crippen LogP contribution < -0.4 is 5.73 Å². The standard InChI is InChI=1S/C23H19N3S/c1-16-9-11-20(12-10-16)27-23-22(25)13-19(14-24)26(23)15-18-7-4-6-17-5-2-3-8-21(17)18/h2-13H,15,25H2,1H3. The molecule has 0 spiro atoms. The maximum absolute atomic E-state index is 9.61. The first-order valence-corrected chi connectivity index (χ1v) is 9.57. The van der Waals surface area contributed by atoms with E-state index >= 15 is 0 Å². The molecule has 4 heteroatoms. The number of aryl methyl sites for hydroxylation is 1. The average Bonchev–Trinajstić information content (AvgIpc) is 2.99. The van der Waals surface area contributed by atoms with Crippen LogP contribution in [0.1, 0.15) is 16.8 Å². The molecule has 0 fully saturated rings. The van der Waals surface area contributed by atoms with Crippen LogP contribution in [0, 0.1) is 18.3 Å². The van der Waals surface area contributed by atoms with Crippen LogP contribution in [0.2, 0.25) is 0 Å². The summed E-state index contributed by atoms with van der Waals surface area (Å²) in [6.45, 7) is 2.68. The lowest BCUT2D eigenvalue weighted by Crippen LogP contribution is -2.05. The summed E-state index contributed by atoms with van der Waals surface area (Å²) in [4.78, 5) is 1.11. The van der Waals surface area contributed by atoms with Gasteiger partial charge >= 0.3 is 0 Å². The molecule has 3 aromatic carbocycles. The second-order valence-corrected chi connectivity index (χ2v) is 7.60. The van der Waals surface area contributed by atoms with Gasteiger partial charge in [0.25, 0.3) is 0 Å². The third-order valence-electron chi connectivity index (χ3n) is 4.63. The van der Waals surface area contributed by atoms with Gasteiger partial charge < -0.3 is 10.3 Å². The summed E-state index contributed by atoms with van der Waals surface area (Å²) in [6, 6.07) is 27.0. The molecule has 0 saturated heterocycles. The molecule has 0 amide bonds. The van der Waals surface area contributed by atoms with Crippen molar-refractivity contribution < 1.29 is 0 Å². The number of nitrogens with zero attached hydrogens (tertiary/aromatic N) is 2. The predicted molar refractivity (Wildman–Crippen MR) is 112 cm³/mol. The Hall–Kier alpha value is -3.16. The number of nitrogen functional groups attached to an aromatic ring is 1. The highest BCUT2D eigenvalue weighted by Gasteiger charge is 2.16. The molecule has 132 valence electrons. The highest BCUT2D eigenvalue weighted by Crippen LogP contribution is 2.35. The predicted octanol–water partition coefficient (Wildman–Crippen LogP) is 5.60. The van der Waals surface area contributed by atoms with Crippen LogP contribution in [0.5, 0.6) is 0 Å². The number of fused-ring (bicyclic) bond motifs is 1. The van der Waals surface area contributed by atoms with Gasteiger partial charge in [-0.05, 0) is 41.5 Å². The highest BCUT2D eigenvalue weighted by atomic mass is 32.2. The summed E-state index contributed by atoms with van der Waals surface area (Å²) >= 11 is 1.60. The summed E-state index contributed by atoms with van der Waals surface area (Å²) in [5.74, 6) is 0. The van der Waals surface area contributed by atoms with Crippen LogP contribution in [0.3, 0.4) is 0 Å². The first kappa shape index (κ1) is 17.3. The number of anilines is 1. The van der Waals surface area contributed by atoms with Crippen molar-refractivity contribution in [1.29, 1.82) is 5.26 Å². The second kappa shape index (κ2) is 7.22. The van der Waals surface area contributed by atoms with Gasteiger partial charge in [0.15, 0.2) is 0 Å². The Morgan fingerprint density at radius 1 is 1.00 bits per heavy atom. The van der Waals surface area contributed by atoms with Crippen LogP contribution in [0.15, 0.2) is 82.7 Å². The lowest BCUT2D eigenvalue weighted by molar-refractivity contribution is 0.729. The van der Waals surface area contributed by atoms with Crippen molar-refractivity contribution in [3.8, 4) is 6.07 Å². The first-order chi connectivity index (χ1) is 13.2. The minimum absolute atomic E-state index is 0.579. The van der Waals surface area contributed by atoms with E-state index < -0.39 is 0 Å². The van der Waals surface area contributed by atoms with Gasteiger partial charge in [0, 0.05) is 11.4 Å². The average molecular weight is 369 g/mol. The third kappa shape index (κ3) is 3.42. The second-order valence-electron chi connectivity index (χ2n) is 6.54. The van der Waals surface area contributed by atoms with E-state index in [1.54, 1.807) is 17.8 Å². The zero-order chi connectivity index (χ0) is 18.8. The fourth-order valence-corrected chi connectivity index (χ4v) is 4.18. The van der Waals surface area contributed by atoms with Gasteiger partial charge in [0.2, 0.25) is 0 Å². The topological polar surface area (TPSA) is 54.7 Å². The largest absolute Gasteiger partial charge is 0.397 e. The molecule has 1 heterocycles. The molecule has 0 unspecified atom stereocenters. The van der Waals surface area contributed by atoms with Crippen LogP contribution in [-0.4, -0.2) is 4.57 Å². The first-order valence-electron chi connectivity index (χ1n) is 8.76. The third-order valence-corrected chi connectivity index (χ3v) is 5.79. The quantitative estimate of drug-likeness (QED) is 0.509. The molecule has 0 aliphatic carbocycles. The number of hydrogen-bond donors (Lipinski definition) is 1. The molecule has 0 atom stereocenters. The Kier molecular flexibility index (Phi) is 4.62. The summed E-state index contributed by atoms with van der Waals surface area (Å²) in [7, 11) is 0. The number of aromatic nitrogens is 1. The Bertz CT molecular complexity index is 1150. The van der Waals surface area contributed by atoms with Crippen molar-refractivity contribution in [1.82, 2.24) is 4.57 Å². The molecule has 27 heavy (non-hydrogen) atoms. The molecule has 0 aliphatic rings. The summed E-state index contributed by atoms with van der Waals surface area (Å²) in [5.41, 5.74) is 9.88. The minimum atomic E-state index is 0.579. The zero-order valence-electron chi connectivity index (χ0n) is 15.0. The molecule has 3 nitrogen and oxygen atoms in total. The number of rotatable bonds is 4. The van der Waals surface area contributed by atoms with Crippen molar-refractivity contribution in [3.63, 3.8) is 0 Å². The normalized spacial score (nSPS) is 10.8. The van der Waals surface area contributed by atoms with E-state index in [9.17, 15) is 5.26 Å². The van der Waals surface area contributed by atoms with E-state index in [1.165, 1.54) is 21.9 Å². The van der Waals surface area contributed by atoms with Crippen molar-refractivity contribution >= 4 is 28.2 Å². The molecule has 4 aromatic rings. The molecule has 2 N–H and O–H groups in total. The van der Waals surface area contributed by atoms with E-state index in [-0.39, 0.29) is 0 Å². The lowest BCUT2D eigenvalue weighted by Gasteiger charge is -2.13. The van der Waals surface area contributed by atoms with E-state index in [0.29, 0.717) is 17.9 Å². The summed E-state index contributed by atoms with van der Waals surface area (Å²) in [5, 5.41) is 12.9. The van der Waals surface area contributed by atoms with Crippen molar-refractivity contribution in [2.45, 2.75) is 23.4 Å². The molecule has 4 rings (SSSR count). The van der Waals surface area contributed by atoms with Gasteiger partial charge in [-0.15, -0.1) is 0 Å². The van der Waals surface area contributed by atoms with E-state index in [2.05, 4.69) is 67.6 Å².